The van der Waals surface area contributed by atoms with Crippen molar-refractivity contribution in [2.45, 2.75) is 37.1 Å². The summed E-state index contributed by atoms with van der Waals surface area (Å²) in [5.41, 5.74) is 0.955. The summed E-state index contributed by atoms with van der Waals surface area (Å²) in [7, 11) is -3.59. The Kier molecular flexibility index (Phi) is 3.40. The normalized spacial score (nSPS) is 24.8. The van der Waals surface area contributed by atoms with Crippen molar-refractivity contribution in [3.63, 3.8) is 0 Å². The van der Waals surface area contributed by atoms with Gasteiger partial charge in [-0.3, -0.25) is 0 Å². The van der Waals surface area contributed by atoms with E-state index in [9.17, 15) is 8.42 Å². The van der Waals surface area contributed by atoms with Crippen molar-refractivity contribution in [3.8, 4) is 0 Å². The van der Waals surface area contributed by atoms with Gasteiger partial charge in [0.1, 0.15) is 0 Å². The van der Waals surface area contributed by atoms with Gasteiger partial charge in [0.05, 0.1) is 4.90 Å². The summed E-state index contributed by atoms with van der Waals surface area (Å²) < 4.78 is 22.2. The van der Waals surface area contributed by atoms with Crippen LogP contribution in [0.2, 0.25) is 0 Å². The quantitative estimate of drug-likeness (QED) is 0.865. The highest BCUT2D eigenvalue weighted by atomic mass is 32.2. The molecule has 3 N–H and O–H groups in total. The van der Waals surface area contributed by atoms with E-state index in [4.69, 9.17) is 5.14 Å². The van der Waals surface area contributed by atoms with Crippen LogP contribution in [0.5, 0.6) is 0 Å². The maximum absolute atomic E-state index is 11.1. The van der Waals surface area contributed by atoms with Crippen LogP contribution in [0.1, 0.15) is 26.2 Å². The van der Waals surface area contributed by atoms with Gasteiger partial charge in [0.15, 0.2) is 0 Å². The molecule has 1 aliphatic carbocycles. The number of hydrogen-bond acceptors (Lipinski definition) is 3. The van der Waals surface area contributed by atoms with E-state index < -0.39 is 10.0 Å². The molecule has 1 saturated carbocycles. The average Bonchev–Trinajstić information content (AvgIpc) is 2.64. The molecule has 4 nitrogen and oxygen atoms in total. The highest BCUT2D eigenvalue weighted by Crippen LogP contribution is 2.28. The predicted molar refractivity (Wildman–Crippen MR) is 68.2 cm³/mol. The Hall–Kier alpha value is -1.07. The number of anilines is 1. The molecule has 1 aromatic carbocycles. The maximum atomic E-state index is 11.1. The minimum atomic E-state index is -3.59. The van der Waals surface area contributed by atoms with Crippen LogP contribution >= 0.6 is 0 Å². The van der Waals surface area contributed by atoms with Gasteiger partial charge in [0, 0.05) is 11.7 Å². The zero-order chi connectivity index (χ0) is 12.5. The summed E-state index contributed by atoms with van der Waals surface area (Å²) in [6.07, 6.45) is 3.69. The molecular weight excluding hydrogens is 236 g/mol. The molecule has 0 radical (unpaired) electrons. The predicted octanol–water partition coefficient (Wildman–Crippen LogP) is 1.93. The van der Waals surface area contributed by atoms with Crippen molar-refractivity contribution in [1.82, 2.24) is 0 Å². The minimum absolute atomic E-state index is 0.155. The molecule has 0 aromatic heterocycles. The molecule has 0 saturated heterocycles. The molecular formula is C12H18N2O2S. The van der Waals surface area contributed by atoms with E-state index in [0.29, 0.717) is 12.0 Å². The third-order valence-electron chi connectivity index (χ3n) is 3.40. The number of benzene rings is 1. The lowest BCUT2D eigenvalue weighted by Gasteiger charge is -2.18. The second-order valence-corrected chi connectivity index (χ2v) is 6.29. The molecule has 0 bridgehead atoms. The molecule has 2 unspecified atom stereocenters. The summed E-state index contributed by atoms with van der Waals surface area (Å²) in [6.45, 7) is 2.24. The van der Waals surface area contributed by atoms with E-state index in [1.807, 2.05) is 0 Å². The van der Waals surface area contributed by atoms with Crippen molar-refractivity contribution in [3.05, 3.63) is 24.3 Å². The third-order valence-corrected chi connectivity index (χ3v) is 4.33. The Morgan fingerprint density at radius 2 is 1.88 bits per heavy atom. The van der Waals surface area contributed by atoms with Crippen LogP contribution in [0.25, 0.3) is 0 Å². The Morgan fingerprint density at radius 1 is 1.24 bits per heavy atom. The molecule has 5 heteroatoms. The zero-order valence-corrected chi connectivity index (χ0v) is 10.7. The third kappa shape index (κ3) is 2.98. The SMILES string of the molecule is CC1CCCC1Nc1ccc(S(N)(=O)=O)cc1. The molecule has 1 aliphatic rings. The van der Waals surface area contributed by atoms with Gasteiger partial charge in [0.25, 0.3) is 0 Å². The van der Waals surface area contributed by atoms with Crippen molar-refractivity contribution in [2.75, 3.05) is 5.32 Å². The Morgan fingerprint density at radius 3 is 2.35 bits per heavy atom. The lowest BCUT2D eigenvalue weighted by atomic mass is 10.1. The molecule has 2 rings (SSSR count). The zero-order valence-electron chi connectivity index (χ0n) is 9.89. The van der Waals surface area contributed by atoms with Gasteiger partial charge in [0.2, 0.25) is 10.0 Å². The average molecular weight is 254 g/mol. The van der Waals surface area contributed by atoms with Crippen LogP contribution in [0.4, 0.5) is 5.69 Å². The molecule has 94 valence electrons. The molecule has 1 fully saturated rings. The summed E-state index contributed by atoms with van der Waals surface area (Å²) in [5, 5.41) is 8.48. The lowest BCUT2D eigenvalue weighted by molar-refractivity contribution is 0.556. The molecule has 0 amide bonds. The number of rotatable bonds is 3. The van der Waals surface area contributed by atoms with Crippen LogP contribution in [0, 0.1) is 5.92 Å². The molecule has 0 spiro atoms. The van der Waals surface area contributed by atoms with Gasteiger partial charge >= 0.3 is 0 Å². The van der Waals surface area contributed by atoms with E-state index >= 15 is 0 Å². The van der Waals surface area contributed by atoms with Crippen LogP contribution in [-0.4, -0.2) is 14.5 Å². The van der Waals surface area contributed by atoms with Crippen molar-refractivity contribution >= 4 is 15.7 Å². The lowest BCUT2D eigenvalue weighted by Crippen LogP contribution is -2.21. The van der Waals surface area contributed by atoms with Crippen LogP contribution < -0.4 is 10.5 Å². The topological polar surface area (TPSA) is 72.2 Å². The largest absolute Gasteiger partial charge is 0.382 e. The summed E-state index contributed by atoms with van der Waals surface area (Å²) in [4.78, 5) is 0.155. The van der Waals surface area contributed by atoms with Gasteiger partial charge in [-0.2, -0.15) is 0 Å². The molecule has 0 heterocycles. The van der Waals surface area contributed by atoms with E-state index in [1.165, 1.54) is 31.4 Å². The van der Waals surface area contributed by atoms with Crippen LogP contribution in [-0.2, 0) is 10.0 Å². The Balaban J connectivity index is 2.08. The Bertz CT molecular complexity index is 482. The second-order valence-electron chi connectivity index (χ2n) is 4.73. The van der Waals surface area contributed by atoms with Gasteiger partial charge in [-0.1, -0.05) is 13.3 Å². The van der Waals surface area contributed by atoms with Gasteiger partial charge in [-0.05, 0) is 43.0 Å². The number of nitrogens with one attached hydrogen (secondary N) is 1. The fourth-order valence-electron chi connectivity index (χ4n) is 2.31. The first-order valence-electron chi connectivity index (χ1n) is 5.86. The monoisotopic (exact) mass is 254 g/mol. The van der Waals surface area contributed by atoms with Gasteiger partial charge < -0.3 is 5.32 Å². The minimum Gasteiger partial charge on any atom is -0.382 e. The molecule has 1 aromatic rings. The number of nitrogens with two attached hydrogens (primary N) is 1. The van der Waals surface area contributed by atoms with Crippen molar-refractivity contribution in [2.24, 2.45) is 11.1 Å². The Labute approximate surface area is 102 Å². The molecule has 2 atom stereocenters. The number of hydrogen-bond donors (Lipinski definition) is 2. The van der Waals surface area contributed by atoms with Crippen LogP contribution in [0.3, 0.4) is 0 Å². The van der Waals surface area contributed by atoms with E-state index in [0.717, 1.165) is 5.69 Å². The summed E-state index contributed by atoms with van der Waals surface area (Å²) in [6, 6.07) is 7.11. The maximum Gasteiger partial charge on any atom is 0.238 e. The fourth-order valence-corrected chi connectivity index (χ4v) is 2.83. The summed E-state index contributed by atoms with van der Waals surface area (Å²) >= 11 is 0. The van der Waals surface area contributed by atoms with E-state index in [1.54, 1.807) is 12.1 Å². The van der Waals surface area contributed by atoms with E-state index in [-0.39, 0.29) is 4.90 Å². The number of sulfonamides is 1. The van der Waals surface area contributed by atoms with Gasteiger partial charge in [-0.15, -0.1) is 0 Å². The standard InChI is InChI=1S/C12H18N2O2S/c1-9-3-2-4-12(9)14-10-5-7-11(8-6-10)17(13,15)16/h5-9,12,14H,2-4H2,1H3,(H2,13,15,16). The van der Waals surface area contributed by atoms with Gasteiger partial charge in [-0.25, -0.2) is 13.6 Å². The molecule has 0 aliphatic heterocycles. The highest BCUT2D eigenvalue weighted by molar-refractivity contribution is 7.89. The highest BCUT2D eigenvalue weighted by Gasteiger charge is 2.22. The summed E-state index contributed by atoms with van der Waals surface area (Å²) in [5.74, 6) is 0.674. The smallest absolute Gasteiger partial charge is 0.238 e. The molecule has 17 heavy (non-hydrogen) atoms. The first-order valence-corrected chi connectivity index (χ1v) is 7.41. The first-order chi connectivity index (χ1) is 7.97. The van der Waals surface area contributed by atoms with Crippen molar-refractivity contribution < 1.29 is 8.42 Å². The van der Waals surface area contributed by atoms with Crippen LogP contribution in [0.15, 0.2) is 29.2 Å². The first kappa shape index (κ1) is 12.4. The van der Waals surface area contributed by atoms with Crippen molar-refractivity contribution in [1.29, 1.82) is 0 Å². The second kappa shape index (κ2) is 4.66. The fraction of sp³-hybridized carbons (Fsp3) is 0.500. The number of primary sulfonamides is 1. The van der Waals surface area contributed by atoms with E-state index in [2.05, 4.69) is 12.2 Å².